The molecule has 0 aliphatic carbocycles. The summed E-state index contributed by atoms with van der Waals surface area (Å²) >= 11 is 0. The standard InChI is InChI=1S/C27H40N4O3/c1-30(2,3)19-21-7-9-26(33)23(15-21)17-28-13-11-25(32)12-14-29-18-24-16-22(8-10-27(24)34)20-31(4,5)6/h7-10,15-18,25,32H,11-14,19-20H2,1-6H3/p+2. The van der Waals surface area contributed by atoms with Gasteiger partial charge in [0, 0.05) is 55.1 Å². The molecule has 1 atom stereocenters. The first-order chi connectivity index (χ1) is 15.8. The highest BCUT2D eigenvalue weighted by atomic mass is 16.3. The minimum absolute atomic E-state index is 0.0283. The Kier molecular flexibility index (Phi) is 9.79. The zero-order chi connectivity index (χ0) is 25.4. The highest BCUT2D eigenvalue weighted by molar-refractivity contribution is 5.84. The van der Waals surface area contributed by atoms with E-state index in [-0.39, 0.29) is 17.6 Å². The number of nitrogens with zero attached hydrogens (tertiary/aromatic N) is 4. The maximum absolute atomic E-state index is 12.1. The lowest BCUT2D eigenvalue weighted by molar-refractivity contribution is -0.884. The highest BCUT2D eigenvalue weighted by Crippen LogP contribution is 2.19. The third-order valence-electron chi connectivity index (χ3n) is 5.15. The number of aliphatic imine (C=N–C) groups is 2. The molecule has 0 amide bonds. The molecule has 0 heterocycles. The molecule has 3 N–H and O–H groups in total. The fraction of sp³-hybridized carbons (Fsp3) is 0.481. The number of hydrogen-bond acceptors (Lipinski definition) is 4. The van der Waals surface area contributed by atoms with Crippen LogP contribution >= 0.6 is 0 Å². The number of phenolic OH excluding ortho intramolecular Hbond substituents is 1. The maximum atomic E-state index is 12.1. The average molecular weight is 471 g/mol. The van der Waals surface area contributed by atoms with Gasteiger partial charge in [0.25, 0.3) is 0 Å². The summed E-state index contributed by atoms with van der Waals surface area (Å²) in [5, 5.41) is 30.4. The van der Waals surface area contributed by atoms with Crippen molar-refractivity contribution in [3.8, 4) is 11.5 Å². The predicted molar refractivity (Wildman–Crippen MR) is 139 cm³/mol. The van der Waals surface area contributed by atoms with Crippen LogP contribution in [0.1, 0.15) is 35.1 Å². The van der Waals surface area contributed by atoms with E-state index in [0.717, 1.165) is 33.2 Å². The topological polar surface area (TPSA) is 90.9 Å². The van der Waals surface area contributed by atoms with E-state index in [1.807, 2.05) is 24.3 Å². The van der Waals surface area contributed by atoms with Crippen LogP contribution in [0, 0.1) is 0 Å². The molecule has 2 rings (SSSR count). The zero-order valence-electron chi connectivity index (χ0n) is 21.6. The Morgan fingerprint density at radius 1 is 0.824 bits per heavy atom. The monoisotopic (exact) mass is 470 g/mol. The van der Waals surface area contributed by atoms with Gasteiger partial charge in [-0.1, -0.05) is 12.1 Å². The van der Waals surface area contributed by atoms with Gasteiger partial charge < -0.3 is 24.3 Å². The molecular formula is C27H42N4O3+2. The molecule has 0 bridgehead atoms. The number of rotatable bonds is 12. The fourth-order valence-electron chi connectivity index (χ4n) is 3.63. The van der Waals surface area contributed by atoms with Crippen molar-refractivity contribution < 1.29 is 24.3 Å². The second-order valence-electron chi connectivity index (χ2n) is 11.0. The van der Waals surface area contributed by atoms with Gasteiger partial charge in [0.1, 0.15) is 18.8 Å². The zero-order valence-corrected chi connectivity index (χ0v) is 21.6. The Morgan fingerprint density at radius 3 is 1.82 bits per heavy atom. The average Bonchev–Trinajstić information content (AvgIpc) is 2.70. The van der Waals surface area contributed by atoms with Gasteiger partial charge in [0.05, 0.1) is 42.3 Å². The van der Waals surface area contributed by atoms with Crippen molar-refractivity contribution in [3.05, 3.63) is 58.7 Å². The van der Waals surface area contributed by atoms with Gasteiger partial charge in [-0.15, -0.1) is 5.75 Å². The smallest absolute Gasteiger partial charge is 0.157 e. The lowest BCUT2D eigenvalue weighted by Crippen LogP contribution is -2.33. The van der Waals surface area contributed by atoms with E-state index in [4.69, 9.17) is 5.11 Å². The summed E-state index contributed by atoms with van der Waals surface area (Å²) in [5.74, 6) is 0.188. The molecule has 0 aromatic heterocycles. The third kappa shape index (κ3) is 10.5. The number of aromatic hydroxyl groups is 1. The van der Waals surface area contributed by atoms with Gasteiger partial charge in [-0.3, -0.25) is 9.98 Å². The molecule has 0 aliphatic heterocycles. The van der Waals surface area contributed by atoms with Gasteiger partial charge in [0.15, 0.2) is 6.10 Å². The number of quaternary nitrogens is 2. The molecule has 0 fully saturated rings. The van der Waals surface area contributed by atoms with Crippen molar-refractivity contribution in [2.45, 2.75) is 32.0 Å². The second-order valence-corrected chi connectivity index (χ2v) is 11.0. The largest absolute Gasteiger partial charge is 0.872 e. The van der Waals surface area contributed by atoms with Crippen LogP contribution in [0.4, 0.5) is 0 Å². The lowest BCUT2D eigenvalue weighted by atomic mass is 10.1. The number of hydrogen-bond donors (Lipinski definition) is 1. The molecule has 7 nitrogen and oxygen atoms in total. The maximum Gasteiger partial charge on any atom is 0.157 e. The third-order valence-corrected chi connectivity index (χ3v) is 5.15. The van der Waals surface area contributed by atoms with Crippen molar-refractivity contribution in [2.24, 2.45) is 9.98 Å². The quantitative estimate of drug-likeness (QED) is 0.293. The van der Waals surface area contributed by atoms with Crippen LogP contribution in [-0.4, -0.2) is 93.1 Å². The van der Waals surface area contributed by atoms with E-state index >= 15 is 0 Å². The SMILES string of the molecule is C[N+](C)(C)Cc1ccc([O-])c(C=NCCC([OH2+])CCN=Cc2cc(C[N+](C)(C)C)ccc2O)c1. The van der Waals surface area contributed by atoms with Gasteiger partial charge in [-0.2, -0.15) is 0 Å². The predicted octanol–water partition coefficient (Wildman–Crippen LogP) is 2.29. The van der Waals surface area contributed by atoms with Crippen LogP contribution in [0.2, 0.25) is 0 Å². The molecular weight excluding hydrogens is 428 g/mol. The van der Waals surface area contributed by atoms with Gasteiger partial charge in [0.2, 0.25) is 0 Å². The van der Waals surface area contributed by atoms with Crippen LogP contribution in [0.15, 0.2) is 46.4 Å². The summed E-state index contributed by atoms with van der Waals surface area (Å²) < 4.78 is 1.60. The minimum Gasteiger partial charge on any atom is -0.872 e. The van der Waals surface area contributed by atoms with Crippen molar-refractivity contribution in [3.63, 3.8) is 0 Å². The van der Waals surface area contributed by atoms with Crippen LogP contribution in [0.25, 0.3) is 0 Å². The Balaban J connectivity index is 1.81. The normalized spacial score (nSPS) is 13.7. The molecule has 0 spiro atoms. The summed E-state index contributed by atoms with van der Waals surface area (Å²) in [6, 6.07) is 11.0. The Morgan fingerprint density at radius 2 is 1.29 bits per heavy atom. The summed E-state index contributed by atoms with van der Waals surface area (Å²) in [6.45, 7) is 2.73. The minimum atomic E-state index is -0.274. The van der Waals surface area contributed by atoms with Crippen LogP contribution < -0.4 is 5.11 Å². The van der Waals surface area contributed by atoms with Crippen molar-refractivity contribution in [1.29, 1.82) is 0 Å². The molecule has 0 radical (unpaired) electrons. The molecule has 1 unspecified atom stereocenters. The second kappa shape index (κ2) is 12.1. The molecule has 34 heavy (non-hydrogen) atoms. The fourth-order valence-corrected chi connectivity index (χ4v) is 3.63. The first kappa shape index (κ1) is 27.5. The van der Waals surface area contributed by atoms with Gasteiger partial charge in [-0.25, -0.2) is 0 Å². The number of benzene rings is 2. The molecule has 186 valence electrons. The molecule has 2 aromatic carbocycles. The first-order valence-corrected chi connectivity index (χ1v) is 11.8. The molecule has 0 saturated heterocycles. The molecule has 7 heteroatoms. The van der Waals surface area contributed by atoms with E-state index in [2.05, 4.69) is 52.3 Å². The summed E-state index contributed by atoms with van der Waals surface area (Å²) in [6.07, 6.45) is 4.29. The summed E-state index contributed by atoms with van der Waals surface area (Å²) in [4.78, 5) is 8.80. The Bertz CT molecular complexity index is 909. The molecule has 2 aromatic rings. The number of phenols is 1. The Labute approximate surface area is 204 Å². The Hall–Kier alpha value is -2.74. The summed E-state index contributed by atoms with van der Waals surface area (Å²) in [7, 11) is 12.7. The lowest BCUT2D eigenvalue weighted by Gasteiger charge is -2.24. The van der Waals surface area contributed by atoms with Crippen LogP contribution in [-0.2, 0) is 13.1 Å². The van der Waals surface area contributed by atoms with E-state index < -0.39 is 0 Å². The van der Waals surface area contributed by atoms with Crippen LogP contribution in [0.5, 0.6) is 11.5 Å². The van der Waals surface area contributed by atoms with Crippen molar-refractivity contribution in [1.82, 2.24) is 0 Å². The van der Waals surface area contributed by atoms with E-state index in [1.54, 1.807) is 24.6 Å². The highest BCUT2D eigenvalue weighted by Gasteiger charge is 2.11. The summed E-state index contributed by atoms with van der Waals surface area (Å²) in [5.41, 5.74) is 3.56. The van der Waals surface area contributed by atoms with Crippen molar-refractivity contribution in [2.75, 3.05) is 55.4 Å². The van der Waals surface area contributed by atoms with E-state index in [9.17, 15) is 10.2 Å². The van der Waals surface area contributed by atoms with Gasteiger partial charge in [-0.05, 0) is 29.8 Å². The van der Waals surface area contributed by atoms with Crippen LogP contribution in [0.3, 0.4) is 0 Å². The molecule has 0 saturated carbocycles. The molecule has 0 aliphatic rings. The van der Waals surface area contributed by atoms with Crippen molar-refractivity contribution >= 4 is 12.4 Å². The van der Waals surface area contributed by atoms with E-state index in [1.165, 1.54) is 0 Å². The van der Waals surface area contributed by atoms with E-state index in [0.29, 0.717) is 37.1 Å². The van der Waals surface area contributed by atoms with Gasteiger partial charge >= 0.3 is 0 Å². The first-order valence-electron chi connectivity index (χ1n) is 11.8.